The van der Waals surface area contributed by atoms with Crippen molar-refractivity contribution in [3.8, 4) is 22.0 Å². The van der Waals surface area contributed by atoms with E-state index in [0.717, 1.165) is 46.2 Å². The number of aromatic nitrogens is 4. The summed E-state index contributed by atoms with van der Waals surface area (Å²) >= 11 is 1.57. The Labute approximate surface area is 222 Å². The van der Waals surface area contributed by atoms with Gasteiger partial charge in [0.05, 0.1) is 5.69 Å². The summed E-state index contributed by atoms with van der Waals surface area (Å²) in [5, 5.41) is 14.4. The highest BCUT2D eigenvalue weighted by Crippen LogP contribution is 2.34. The molecule has 0 fully saturated rings. The van der Waals surface area contributed by atoms with Crippen molar-refractivity contribution >= 4 is 22.9 Å². The molecule has 0 atom stereocenters. The molecule has 2 aromatic heterocycles. The maximum atomic E-state index is 14.2. The number of carbonyl (C=O) groups excluding carboxylic acids is 1. The highest BCUT2D eigenvalue weighted by Gasteiger charge is 2.28. The summed E-state index contributed by atoms with van der Waals surface area (Å²) in [4.78, 5) is 25.4. The molecule has 37 heavy (non-hydrogen) atoms. The molecule has 0 aliphatic rings. The third-order valence-electron chi connectivity index (χ3n) is 5.85. The number of hydrazine groups is 1. The lowest BCUT2D eigenvalue weighted by Crippen LogP contribution is -2.49. The van der Waals surface area contributed by atoms with Gasteiger partial charge >= 0.3 is 0 Å². The fourth-order valence-corrected chi connectivity index (χ4v) is 4.91. The molecule has 0 radical (unpaired) electrons. The van der Waals surface area contributed by atoms with E-state index >= 15 is 0 Å². The molecule has 0 bridgehead atoms. The Morgan fingerprint density at radius 1 is 0.919 bits per heavy atom. The molecule has 1 amide bonds. The summed E-state index contributed by atoms with van der Waals surface area (Å²) in [5.74, 6) is 0.301. The standard InChI is InChI=1S/C28H33N7OS/c1-5-12-25-31-32-27(37-25)22-15-10-11-16-24(22)35(34(6-2)20-19-33(3)4)28(36)23-17-18-29-26(30-23)21-13-8-7-9-14-21/h7-11,13-18H,5-6,12,19-20H2,1-4H3. The zero-order valence-corrected chi connectivity index (χ0v) is 22.6. The average molecular weight is 516 g/mol. The molecule has 0 aliphatic heterocycles. The molecule has 9 heteroatoms. The van der Waals surface area contributed by atoms with Crippen LogP contribution in [0.5, 0.6) is 0 Å². The van der Waals surface area contributed by atoms with Crippen molar-refractivity contribution in [2.45, 2.75) is 26.7 Å². The Morgan fingerprint density at radius 3 is 2.41 bits per heavy atom. The number of hydrogen-bond acceptors (Lipinski definition) is 8. The van der Waals surface area contributed by atoms with E-state index in [1.807, 2.05) is 68.7 Å². The van der Waals surface area contributed by atoms with Gasteiger partial charge in [0.1, 0.15) is 15.7 Å². The molecule has 192 valence electrons. The zero-order valence-electron chi connectivity index (χ0n) is 21.8. The summed E-state index contributed by atoms with van der Waals surface area (Å²) in [5.41, 5.74) is 2.82. The summed E-state index contributed by atoms with van der Waals surface area (Å²) in [6.45, 7) is 6.28. The maximum absolute atomic E-state index is 14.2. The van der Waals surface area contributed by atoms with E-state index in [1.54, 1.807) is 28.6 Å². The highest BCUT2D eigenvalue weighted by molar-refractivity contribution is 7.14. The van der Waals surface area contributed by atoms with Crippen LogP contribution in [0, 0.1) is 0 Å². The summed E-state index contributed by atoms with van der Waals surface area (Å²) < 4.78 is 0. The summed E-state index contributed by atoms with van der Waals surface area (Å²) in [7, 11) is 4.06. The van der Waals surface area contributed by atoms with Crippen molar-refractivity contribution in [3.05, 3.63) is 77.6 Å². The van der Waals surface area contributed by atoms with E-state index in [1.165, 1.54) is 0 Å². The summed E-state index contributed by atoms with van der Waals surface area (Å²) in [6.07, 6.45) is 3.53. The topological polar surface area (TPSA) is 78.3 Å². The predicted octanol–water partition coefficient (Wildman–Crippen LogP) is 5.06. The second-order valence-electron chi connectivity index (χ2n) is 8.87. The van der Waals surface area contributed by atoms with Crippen molar-refractivity contribution in [2.75, 3.05) is 38.7 Å². The minimum Gasteiger partial charge on any atom is -0.308 e. The second-order valence-corrected chi connectivity index (χ2v) is 9.93. The molecule has 4 rings (SSSR count). The largest absolute Gasteiger partial charge is 0.308 e. The van der Waals surface area contributed by atoms with Gasteiger partial charge in [-0.1, -0.05) is 67.6 Å². The maximum Gasteiger partial charge on any atom is 0.291 e. The minimum absolute atomic E-state index is 0.217. The number of anilines is 1. The molecule has 8 nitrogen and oxygen atoms in total. The van der Waals surface area contributed by atoms with Crippen LogP contribution >= 0.6 is 11.3 Å². The van der Waals surface area contributed by atoms with Gasteiger partial charge in [-0.05, 0) is 38.7 Å². The predicted molar refractivity (Wildman–Crippen MR) is 149 cm³/mol. The first-order chi connectivity index (χ1) is 18.0. The van der Waals surface area contributed by atoms with Gasteiger partial charge in [0.2, 0.25) is 0 Å². The van der Waals surface area contributed by atoms with Gasteiger partial charge in [-0.3, -0.25) is 4.79 Å². The van der Waals surface area contributed by atoms with Crippen LogP contribution in [-0.2, 0) is 6.42 Å². The first-order valence-corrected chi connectivity index (χ1v) is 13.4. The zero-order chi connectivity index (χ0) is 26.2. The van der Waals surface area contributed by atoms with Crippen molar-refractivity contribution in [1.29, 1.82) is 0 Å². The fourth-order valence-electron chi connectivity index (χ4n) is 3.93. The summed E-state index contributed by atoms with van der Waals surface area (Å²) in [6, 6.07) is 19.3. The van der Waals surface area contributed by atoms with Crippen LogP contribution in [0.25, 0.3) is 22.0 Å². The van der Waals surface area contributed by atoms with Gasteiger partial charge in [0, 0.05) is 43.4 Å². The van der Waals surface area contributed by atoms with Crippen molar-refractivity contribution in [3.63, 3.8) is 0 Å². The first-order valence-electron chi connectivity index (χ1n) is 12.6. The fraction of sp³-hybridized carbons (Fsp3) is 0.321. The quantitative estimate of drug-likeness (QED) is 0.258. The van der Waals surface area contributed by atoms with Gasteiger partial charge in [-0.2, -0.15) is 0 Å². The Bertz CT molecular complexity index is 1310. The first kappa shape index (κ1) is 26.5. The lowest BCUT2D eigenvalue weighted by Gasteiger charge is -2.35. The molecule has 0 N–H and O–H groups in total. The smallest absolute Gasteiger partial charge is 0.291 e. The Balaban J connectivity index is 1.79. The molecule has 0 saturated heterocycles. The lowest BCUT2D eigenvalue weighted by molar-refractivity contribution is 0.0886. The molecular weight excluding hydrogens is 482 g/mol. The normalized spacial score (nSPS) is 11.3. The highest BCUT2D eigenvalue weighted by atomic mass is 32.1. The van der Waals surface area contributed by atoms with E-state index in [2.05, 4.69) is 43.9 Å². The Hall–Kier alpha value is -3.53. The molecule has 0 aliphatic carbocycles. The number of para-hydroxylation sites is 1. The number of nitrogens with zero attached hydrogens (tertiary/aromatic N) is 7. The van der Waals surface area contributed by atoms with Gasteiger partial charge in [0.15, 0.2) is 5.82 Å². The van der Waals surface area contributed by atoms with Crippen LogP contribution in [0.4, 0.5) is 5.69 Å². The molecule has 4 aromatic rings. The van der Waals surface area contributed by atoms with E-state index in [-0.39, 0.29) is 5.91 Å². The molecule has 0 unspecified atom stereocenters. The molecule has 0 saturated carbocycles. The van der Waals surface area contributed by atoms with Crippen molar-refractivity contribution in [2.24, 2.45) is 0 Å². The number of aryl methyl sites for hydroxylation is 1. The third kappa shape index (κ3) is 6.43. The second kappa shape index (κ2) is 12.6. The minimum atomic E-state index is -0.217. The molecule has 2 heterocycles. The SMILES string of the molecule is CCCc1nnc(-c2ccccc2N(C(=O)c2ccnc(-c3ccccc3)n2)N(CC)CCN(C)C)s1. The van der Waals surface area contributed by atoms with Gasteiger partial charge < -0.3 is 4.90 Å². The number of carbonyl (C=O) groups is 1. The van der Waals surface area contributed by atoms with Crippen LogP contribution < -0.4 is 5.01 Å². The van der Waals surface area contributed by atoms with Gasteiger partial charge in [-0.25, -0.2) is 20.0 Å². The molecular formula is C28H33N7OS. The van der Waals surface area contributed by atoms with Crippen LogP contribution in [0.15, 0.2) is 66.9 Å². The van der Waals surface area contributed by atoms with Crippen LogP contribution in [-0.4, -0.2) is 69.7 Å². The van der Waals surface area contributed by atoms with Crippen molar-refractivity contribution < 1.29 is 4.79 Å². The Kier molecular flexibility index (Phi) is 9.05. The number of benzene rings is 2. The van der Waals surface area contributed by atoms with E-state index < -0.39 is 0 Å². The third-order valence-corrected chi connectivity index (χ3v) is 6.86. The van der Waals surface area contributed by atoms with Crippen molar-refractivity contribution in [1.82, 2.24) is 30.1 Å². The van der Waals surface area contributed by atoms with Crippen LogP contribution in [0.3, 0.4) is 0 Å². The molecule has 2 aromatic carbocycles. The van der Waals surface area contributed by atoms with E-state index in [9.17, 15) is 4.79 Å². The van der Waals surface area contributed by atoms with Crippen LogP contribution in [0.2, 0.25) is 0 Å². The van der Waals surface area contributed by atoms with Gasteiger partial charge in [0.25, 0.3) is 5.91 Å². The Morgan fingerprint density at radius 2 is 1.68 bits per heavy atom. The van der Waals surface area contributed by atoms with E-state index in [0.29, 0.717) is 24.6 Å². The lowest BCUT2D eigenvalue weighted by atomic mass is 10.1. The number of likely N-dealkylation sites (N-methyl/N-ethyl adjacent to an activating group) is 2. The number of rotatable bonds is 11. The average Bonchev–Trinajstić information content (AvgIpc) is 3.40. The van der Waals surface area contributed by atoms with Crippen LogP contribution in [0.1, 0.15) is 35.8 Å². The van der Waals surface area contributed by atoms with E-state index in [4.69, 9.17) is 0 Å². The number of amides is 1. The van der Waals surface area contributed by atoms with Gasteiger partial charge in [-0.15, -0.1) is 10.2 Å². The molecule has 0 spiro atoms. The number of hydrogen-bond donors (Lipinski definition) is 0. The monoisotopic (exact) mass is 515 g/mol.